The van der Waals surface area contributed by atoms with Gasteiger partial charge in [-0.15, -0.1) is 0 Å². The minimum atomic E-state index is -2.96. The van der Waals surface area contributed by atoms with Gasteiger partial charge in [0, 0.05) is 23.5 Å². The Morgan fingerprint density at radius 1 is 1.25 bits per heavy atom. The molecule has 1 atom stereocenters. The number of alkyl halides is 2. The number of nitrogens with one attached hydrogen (secondary N) is 3. The van der Waals surface area contributed by atoms with Crippen molar-refractivity contribution in [2.75, 3.05) is 28.9 Å². The molecular weight excluding hydrogens is 424 g/mol. The van der Waals surface area contributed by atoms with Crippen molar-refractivity contribution < 1.29 is 27.8 Å². The first-order valence-corrected chi connectivity index (χ1v) is 10.00. The van der Waals surface area contributed by atoms with Gasteiger partial charge in [-0.1, -0.05) is 0 Å². The number of ether oxygens (including phenoxy) is 3. The number of rotatable bonds is 7. The highest BCUT2D eigenvalue weighted by atomic mass is 19.3. The molecule has 5 rings (SSSR count). The van der Waals surface area contributed by atoms with Crippen molar-refractivity contribution in [3.05, 3.63) is 47.8 Å². The molecule has 3 N–H and O–H groups in total. The summed E-state index contributed by atoms with van der Waals surface area (Å²) in [7, 11) is 0. The third kappa shape index (κ3) is 3.40. The number of anilines is 3. The number of hydroxylamine groups is 1. The molecule has 0 saturated carbocycles. The monoisotopic (exact) mass is 445 g/mol. The zero-order valence-electron chi connectivity index (χ0n) is 17.3. The summed E-state index contributed by atoms with van der Waals surface area (Å²) in [6, 6.07) is 10.3. The summed E-state index contributed by atoms with van der Waals surface area (Å²) < 4.78 is 41.0. The number of nitrogens with zero attached hydrogens (tertiary/aromatic N) is 2. The summed E-state index contributed by atoms with van der Waals surface area (Å²) in [5.41, 5.74) is 6.00. The SMILES string of the molecule is CCOc1cc(NC23N=CC(C)=C(NO2)N3c2ccc3c(c2)NCO3)ccc1OC(F)F. The molecule has 2 aromatic rings. The molecule has 0 radical (unpaired) electrons. The number of halogens is 2. The van der Waals surface area contributed by atoms with Crippen molar-refractivity contribution in [2.24, 2.45) is 4.99 Å². The summed E-state index contributed by atoms with van der Waals surface area (Å²) in [5.74, 6) is 0.253. The van der Waals surface area contributed by atoms with Crippen LogP contribution in [0.5, 0.6) is 17.2 Å². The predicted octanol–water partition coefficient (Wildman–Crippen LogP) is 3.83. The van der Waals surface area contributed by atoms with Gasteiger partial charge in [-0.05, 0) is 44.2 Å². The van der Waals surface area contributed by atoms with Gasteiger partial charge in [-0.3, -0.25) is 4.90 Å². The van der Waals surface area contributed by atoms with Crippen molar-refractivity contribution in [3.63, 3.8) is 0 Å². The summed E-state index contributed by atoms with van der Waals surface area (Å²) >= 11 is 0. The van der Waals surface area contributed by atoms with Crippen LogP contribution in [0.1, 0.15) is 13.8 Å². The summed E-state index contributed by atoms with van der Waals surface area (Å²) in [6.45, 7) is 1.40. The van der Waals surface area contributed by atoms with Crippen molar-refractivity contribution in [2.45, 2.75) is 26.4 Å². The van der Waals surface area contributed by atoms with Crippen molar-refractivity contribution in [3.8, 4) is 17.2 Å². The maximum Gasteiger partial charge on any atom is 0.387 e. The van der Waals surface area contributed by atoms with Crippen LogP contribution in [0.4, 0.5) is 25.8 Å². The third-order valence-electron chi connectivity index (χ3n) is 5.10. The molecule has 2 aromatic carbocycles. The zero-order chi connectivity index (χ0) is 22.3. The minimum Gasteiger partial charge on any atom is -0.490 e. The standard InChI is InChI=1S/C21H21F2N5O4/c1-3-29-18-8-13(4-6-17(18)31-20(22)23)26-21-25-10-12(2)19(27-32-21)28(21)14-5-7-16-15(9-14)24-11-30-16/h4-10,20,24,26-27H,3,11H2,1-2H3. The first-order chi connectivity index (χ1) is 15.5. The van der Waals surface area contributed by atoms with Gasteiger partial charge < -0.3 is 24.8 Å². The molecule has 168 valence electrons. The minimum absolute atomic E-state index is 0.0551. The maximum atomic E-state index is 12.7. The third-order valence-corrected chi connectivity index (χ3v) is 5.10. The molecule has 0 aromatic heterocycles. The Kier molecular flexibility index (Phi) is 4.89. The molecule has 11 heteroatoms. The number of aliphatic imine (C=N–C) groups is 1. The van der Waals surface area contributed by atoms with E-state index in [0.717, 1.165) is 22.7 Å². The van der Waals surface area contributed by atoms with Crippen molar-refractivity contribution in [1.29, 1.82) is 0 Å². The van der Waals surface area contributed by atoms with E-state index >= 15 is 0 Å². The van der Waals surface area contributed by atoms with Crippen LogP contribution in [-0.2, 0) is 4.84 Å². The molecule has 2 bridgehead atoms. The van der Waals surface area contributed by atoms with E-state index in [1.807, 2.05) is 30.0 Å². The second-order valence-corrected chi connectivity index (χ2v) is 7.18. The Bertz CT molecular complexity index is 1110. The second-order valence-electron chi connectivity index (χ2n) is 7.18. The van der Waals surface area contributed by atoms with Crippen LogP contribution in [0.2, 0.25) is 0 Å². The molecule has 1 saturated heterocycles. The molecule has 3 heterocycles. The lowest BCUT2D eigenvalue weighted by Gasteiger charge is -2.36. The van der Waals surface area contributed by atoms with E-state index in [9.17, 15) is 8.78 Å². The molecule has 1 fully saturated rings. The molecule has 1 unspecified atom stereocenters. The smallest absolute Gasteiger partial charge is 0.387 e. The highest BCUT2D eigenvalue weighted by molar-refractivity contribution is 5.85. The zero-order valence-corrected chi connectivity index (χ0v) is 17.3. The Morgan fingerprint density at radius 3 is 2.94 bits per heavy atom. The Labute approximate surface area is 182 Å². The van der Waals surface area contributed by atoms with E-state index in [0.29, 0.717) is 18.2 Å². The number of fused-ring (bicyclic) bond motifs is 3. The second kappa shape index (κ2) is 7.75. The van der Waals surface area contributed by atoms with Crippen LogP contribution in [0.15, 0.2) is 52.8 Å². The molecule has 32 heavy (non-hydrogen) atoms. The largest absolute Gasteiger partial charge is 0.490 e. The number of hydrogen-bond donors (Lipinski definition) is 3. The maximum absolute atomic E-state index is 12.7. The van der Waals surface area contributed by atoms with E-state index < -0.39 is 12.6 Å². The predicted molar refractivity (Wildman–Crippen MR) is 114 cm³/mol. The average Bonchev–Trinajstić information content (AvgIpc) is 3.34. The fraction of sp³-hybridized carbons (Fsp3) is 0.286. The van der Waals surface area contributed by atoms with E-state index in [4.69, 9.17) is 14.3 Å². The van der Waals surface area contributed by atoms with E-state index in [-0.39, 0.29) is 18.1 Å². The normalized spacial score (nSPS) is 20.6. The number of allylic oxidation sites excluding steroid dienone is 1. The Hall–Kier alpha value is -3.73. The van der Waals surface area contributed by atoms with Gasteiger partial charge in [0.2, 0.25) is 0 Å². The molecule has 0 spiro atoms. The summed E-state index contributed by atoms with van der Waals surface area (Å²) in [4.78, 5) is 12.4. The lowest BCUT2D eigenvalue weighted by atomic mass is 10.2. The van der Waals surface area contributed by atoms with Crippen LogP contribution in [0.25, 0.3) is 0 Å². The highest BCUT2D eigenvalue weighted by Crippen LogP contribution is 2.42. The number of hydrogen-bond acceptors (Lipinski definition) is 9. The topological polar surface area (TPSA) is 88.6 Å². The molecule has 0 aliphatic carbocycles. The molecule has 9 nitrogen and oxygen atoms in total. The molecule has 3 aliphatic rings. The first-order valence-electron chi connectivity index (χ1n) is 10.00. The van der Waals surface area contributed by atoms with E-state index in [2.05, 4.69) is 25.8 Å². The summed E-state index contributed by atoms with van der Waals surface area (Å²) in [5, 5.41) is 6.41. The van der Waals surface area contributed by atoms with Crippen LogP contribution in [0.3, 0.4) is 0 Å². The van der Waals surface area contributed by atoms with Crippen LogP contribution >= 0.6 is 0 Å². The highest BCUT2D eigenvalue weighted by Gasteiger charge is 2.49. The van der Waals surface area contributed by atoms with E-state index in [1.54, 1.807) is 25.3 Å². The summed E-state index contributed by atoms with van der Waals surface area (Å²) in [6.07, 6.45) is 1.70. The van der Waals surface area contributed by atoms with Crippen LogP contribution in [0, 0.1) is 0 Å². The Balaban J connectivity index is 1.50. The van der Waals surface area contributed by atoms with Crippen molar-refractivity contribution in [1.82, 2.24) is 5.48 Å². The van der Waals surface area contributed by atoms with Gasteiger partial charge >= 0.3 is 12.6 Å². The molecule has 3 aliphatic heterocycles. The molecular formula is C21H21F2N5O4. The molecule has 0 amide bonds. The van der Waals surface area contributed by atoms with Gasteiger partial charge in [0.15, 0.2) is 18.2 Å². The van der Waals surface area contributed by atoms with Crippen LogP contribution < -0.4 is 35.2 Å². The quantitative estimate of drug-likeness (QED) is 0.593. The number of benzene rings is 2. The van der Waals surface area contributed by atoms with Crippen LogP contribution in [-0.4, -0.2) is 32.1 Å². The lowest BCUT2D eigenvalue weighted by Crippen LogP contribution is -2.51. The van der Waals surface area contributed by atoms with Gasteiger partial charge in [0.05, 0.1) is 18.0 Å². The fourth-order valence-corrected chi connectivity index (χ4v) is 3.71. The van der Waals surface area contributed by atoms with Crippen molar-refractivity contribution >= 4 is 23.3 Å². The van der Waals surface area contributed by atoms with Gasteiger partial charge in [-0.25, -0.2) is 15.3 Å². The van der Waals surface area contributed by atoms with Gasteiger partial charge in [-0.2, -0.15) is 8.78 Å². The fourth-order valence-electron chi connectivity index (χ4n) is 3.71. The first kappa shape index (κ1) is 20.2. The lowest BCUT2D eigenvalue weighted by molar-refractivity contribution is -0.0514. The van der Waals surface area contributed by atoms with Gasteiger partial charge in [0.1, 0.15) is 11.6 Å². The average molecular weight is 445 g/mol. The van der Waals surface area contributed by atoms with Gasteiger partial charge in [0.25, 0.3) is 0 Å². The Morgan fingerprint density at radius 2 is 2.12 bits per heavy atom. The van der Waals surface area contributed by atoms with E-state index in [1.165, 1.54) is 6.07 Å².